The van der Waals surface area contributed by atoms with Gasteiger partial charge in [0.15, 0.2) is 0 Å². The molecule has 1 heterocycles. The predicted octanol–water partition coefficient (Wildman–Crippen LogP) is 5.82. The molecule has 0 spiro atoms. The first-order valence-electron chi connectivity index (χ1n) is 9.13. The van der Waals surface area contributed by atoms with E-state index in [1.807, 2.05) is 19.1 Å². The molecule has 0 aromatic heterocycles. The lowest BCUT2D eigenvalue weighted by Gasteiger charge is -2.31. The van der Waals surface area contributed by atoms with Crippen LogP contribution in [0.25, 0.3) is 0 Å². The predicted molar refractivity (Wildman–Crippen MR) is 113 cm³/mol. The van der Waals surface area contributed by atoms with Gasteiger partial charge in [-0.15, -0.1) is 0 Å². The molecule has 0 aliphatic carbocycles. The first-order valence-corrected chi connectivity index (χ1v) is 9.92. The summed E-state index contributed by atoms with van der Waals surface area (Å²) < 4.78 is 14.7. The molecular formula is C23H20BrFN2O. The summed E-state index contributed by atoms with van der Waals surface area (Å²) in [7, 11) is 0. The highest BCUT2D eigenvalue weighted by atomic mass is 79.9. The summed E-state index contributed by atoms with van der Waals surface area (Å²) in [4.78, 5) is 4.87. The normalized spacial score (nSPS) is 19.3. The Labute approximate surface area is 172 Å². The van der Waals surface area contributed by atoms with Crippen LogP contribution in [0, 0.1) is 12.7 Å². The fourth-order valence-electron chi connectivity index (χ4n) is 3.48. The molecule has 142 valence electrons. The van der Waals surface area contributed by atoms with Crippen LogP contribution in [0.3, 0.4) is 0 Å². The van der Waals surface area contributed by atoms with Crippen molar-refractivity contribution >= 4 is 21.6 Å². The lowest BCUT2D eigenvalue weighted by molar-refractivity contribution is 0.411. The molecule has 0 saturated carbocycles. The van der Waals surface area contributed by atoms with E-state index >= 15 is 0 Å². The van der Waals surface area contributed by atoms with Crippen LogP contribution < -0.4 is 5.32 Å². The monoisotopic (exact) mass is 438 g/mol. The number of hydrogen-bond acceptors (Lipinski definition) is 3. The number of benzene rings is 3. The first kappa shape index (κ1) is 18.8. The number of aryl methyl sites for hydroxylation is 1. The Morgan fingerprint density at radius 2 is 1.86 bits per heavy atom. The molecule has 0 bridgehead atoms. The topological polar surface area (TPSA) is 44.6 Å². The van der Waals surface area contributed by atoms with Gasteiger partial charge in [-0.05, 0) is 48.4 Å². The Bertz CT molecular complexity index is 1030. The van der Waals surface area contributed by atoms with Crippen molar-refractivity contribution in [1.82, 2.24) is 5.32 Å². The number of hydrogen-bond donors (Lipinski definition) is 2. The molecule has 0 fully saturated rings. The first-order chi connectivity index (χ1) is 13.5. The van der Waals surface area contributed by atoms with E-state index in [4.69, 9.17) is 4.99 Å². The second kappa shape index (κ2) is 7.86. The van der Waals surface area contributed by atoms with Crippen LogP contribution in [0.2, 0.25) is 0 Å². The molecule has 1 aliphatic heterocycles. The lowest BCUT2D eigenvalue weighted by atomic mass is 9.93. The third-order valence-corrected chi connectivity index (χ3v) is 5.45. The molecule has 3 aromatic rings. The maximum Gasteiger partial charge on any atom is 0.126 e. The minimum Gasteiger partial charge on any atom is -0.508 e. The quantitative estimate of drug-likeness (QED) is 0.540. The fraction of sp³-hybridized carbons (Fsp3) is 0.174. The van der Waals surface area contributed by atoms with Crippen LogP contribution >= 0.6 is 15.9 Å². The number of aliphatic imine (C=N–C) groups is 1. The van der Waals surface area contributed by atoms with Crippen LogP contribution in [-0.2, 0) is 0 Å². The van der Waals surface area contributed by atoms with Crippen molar-refractivity contribution in [3.8, 4) is 5.75 Å². The van der Waals surface area contributed by atoms with Crippen molar-refractivity contribution in [2.45, 2.75) is 25.6 Å². The standard InChI is InChI=1S/C23H20BrFN2O/c1-14-5-7-15(8-6-14)20-13-21(19-12-17(24)9-10-22(19)28)27-23(26-20)16-3-2-4-18(25)11-16/h2-12,21,23,27-28H,13H2,1H3/t21-,23+/m1/s1. The van der Waals surface area contributed by atoms with E-state index in [1.54, 1.807) is 18.2 Å². The largest absolute Gasteiger partial charge is 0.508 e. The minimum absolute atomic E-state index is 0.153. The number of rotatable bonds is 3. The van der Waals surface area contributed by atoms with Crippen molar-refractivity contribution in [2.75, 3.05) is 0 Å². The Balaban J connectivity index is 1.77. The second-order valence-corrected chi connectivity index (χ2v) is 7.94. The third kappa shape index (κ3) is 4.01. The number of nitrogens with one attached hydrogen (secondary N) is 1. The highest BCUT2D eigenvalue weighted by Gasteiger charge is 2.28. The zero-order chi connectivity index (χ0) is 19.7. The van der Waals surface area contributed by atoms with Crippen molar-refractivity contribution in [3.05, 3.63) is 99.3 Å². The van der Waals surface area contributed by atoms with Gasteiger partial charge in [0.05, 0.1) is 0 Å². The van der Waals surface area contributed by atoms with E-state index in [9.17, 15) is 9.50 Å². The molecule has 0 unspecified atom stereocenters. The van der Waals surface area contributed by atoms with Gasteiger partial charge in [-0.3, -0.25) is 10.3 Å². The molecule has 2 atom stereocenters. The fourth-order valence-corrected chi connectivity index (χ4v) is 3.86. The van der Waals surface area contributed by atoms with Gasteiger partial charge < -0.3 is 5.11 Å². The smallest absolute Gasteiger partial charge is 0.126 e. The number of aromatic hydroxyl groups is 1. The lowest BCUT2D eigenvalue weighted by Crippen LogP contribution is -2.33. The van der Waals surface area contributed by atoms with Crippen LogP contribution in [0.5, 0.6) is 5.75 Å². The zero-order valence-electron chi connectivity index (χ0n) is 15.4. The molecule has 0 radical (unpaired) electrons. The molecule has 0 amide bonds. The van der Waals surface area contributed by atoms with Gasteiger partial charge in [0.1, 0.15) is 17.7 Å². The van der Waals surface area contributed by atoms with E-state index in [0.717, 1.165) is 26.9 Å². The van der Waals surface area contributed by atoms with Gasteiger partial charge in [-0.25, -0.2) is 4.39 Å². The van der Waals surface area contributed by atoms with Gasteiger partial charge in [-0.1, -0.05) is 57.9 Å². The zero-order valence-corrected chi connectivity index (χ0v) is 16.9. The maximum atomic E-state index is 13.8. The summed E-state index contributed by atoms with van der Waals surface area (Å²) in [6.45, 7) is 2.05. The average molecular weight is 439 g/mol. The van der Waals surface area contributed by atoms with Gasteiger partial charge in [0.25, 0.3) is 0 Å². The number of nitrogens with zero attached hydrogens (tertiary/aromatic N) is 1. The summed E-state index contributed by atoms with van der Waals surface area (Å²) in [6.07, 6.45) is 0.225. The van der Waals surface area contributed by atoms with E-state index < -0.39 is 6.17 Å². The Morgan fingerprint density at radius 1 is 1.07 bits per heavy atom. The van der Waals surface area contributed by atoms with Crippen LogP contribution in [-0.4, -0.2) is 10.8 Å². The van der Waals surface area contributed by atoms with Crippen LogP contribution in [0.15, 0.2) is 76.2 Å². The van der Waals surface area contributed by atoms with Crippen molar-refractivity contribution in [1.29, 1.82) is 0 Å². The Kier molecular flexibility index (Phi) is 5.29. The highest BCUT2D eigenvalue weighted by molar-refractivity contribution is 9.10. The van der Waals surface area contributed by atoms with Gasteiger partial charge in [0.2, 0.25) is 0 Å². The summed E-state index contributed by atoms with van der Waals surface area (Å²) >= 11 is 3.48. The number of phenols is 1. The third-order valence-electron chi connectivity index (χ3n) is 4.96. The molecule has 4 rings (SSSR count). The molecule has 5 heteroatoms. The molecule has 3 nitrogen and oxygen atoms in total. The molecule has 28 heavy (non-hydrogen) atoms. The summed E-state index contributed by atoms with van der Waals surface area (Å²) in [6, 6.07) is 19.9. The van der Waals surface area contributed by atoms with Crippen molar-refractivity contribution < 1.29 is 9.50 Å². The molecule has 2 N–H and O–H groups in total. The molecular weight excluding hydrogens is 419 g/mol. The van der Waals surface area contributed by atoms with Gasteiger partial charge in [0, 0.05) is 28.2 Å². The van der Waals surface area contributed by atoms with Crippen molar-refractivity contribution in [3.63, 3.8) is 0 Å². The van der Waals surface area contributed by atoms with Crippen LogP contribution in [0.1, 0.15) is 40.9 Å². The molecule has 1 aliphatic rings. The highest BCUT2D eigenvalue weighted by Crippen LogP contribution is 2.35. The summed E-state index contributed by atoms with van der Waals surface area (Å²) in [5, 5.41) is 13.9. The Morgan fingerprint density at radius 3 is 2.61 bits per heavy atom. The van der Waals surface area contributed by atoms with Gasteiger partial charge >= 0.3 is 0 Å². The van der Waals surface area contributed by atoms with E-state index in [2.05, 4.69) is 45.5 Å². The minimum atomic E-state index is -0.399. The van der Waals surface area contributed by atoms with E-state index in [-0.39, 0.29) is 17.6 Å². The van der Waals surface area contributed by atoms with Crippen molar-refractivity contribution in [2.24, 2.45) is 4.99 Å². The second-order valence-electron chi connectivity index (χ2n) is 7.03. The average Bonchev–Trinajstić information content (AvgIpc) is 2.70. The maximum absolute atomic E-state index is 13.8. The summed E-state index contributed by atoms with van der Waals surface area (Å²) in [5.74, 6) is -0.0670. The Hall–Kier alpha value is -2.50. The summed E-state index contributed by atoms with van der Waals surface area (Å²) in [5.41, 5.74) is 4.69. The SMILES string of the molecule is Cc1ccc(C2=N[C@H](c3cccc(F)c3)N[C@@H](c3cc(Br)ccc3O)C2)cc1. The van der Waals surface area contributed by atoms with E-state index in [1.165, 1.54) is 17.7 Å². The molecule has 0 saturated heterocycles. The number of halogens is 2. The molecule has 3 aromatic carbocycles. The number of phenolic OH excluding ortho intramolecular Hbond substituents is 1. The van der Waals surface area contributed by atoms with E-state index in [0.29, 0.717) is 6.42 Å². The van der Waals surface area contributed by atoms with Gasteiger partial charge in [-0.2, -0.15) is 0 Å². The van der Waals surface area contributed by atoms with Crippen LogP contribution in [0.4, 0.5) is 4.39 Å².